The number of amides is 2. The highest BCUT2D eigenvalue weighted by molar-refractivity contribution is 9.10. The van der Waals surface area contributed by atoms with Gasteiger partial charge in [-0.25, -0.2) is 4.90 Å². The number of rotatable bonds is 3. The molecule has 3 rings (SSSR count). The minimum atomic E-state index is -0.334. The normalized spacial score (nSPS) is 24.0. The molecule has 0 aliphatic carbocycles. The van der Waals surface area contributed by atoms with Crippen LogP contribution in [0.3, 0.4) is 0 Å². The molecule has 0 spiro atoms. The summed E-state index contributed by atoms with van der Waals surface area (Å²) in [6.07, 6.45) is 2.37. The maximum absolute atomic E-state index is 12.8. The van der Waals surface area contributed by atoms with E-state index in [0.717, 1.165) is 30.4 Å². The van der Waals surface area contributed by atoms with Gasteiger partial charge >= 0.3 is 0 Å². The second-order valence-corrected chi connectivity index (χ2v) is 7.38. The van der Waals surface area contributed by atoms with E-state index >= 15 is 0 Å². The lowest BCUT2D eigenvalue weighted by molar-refractivity contribution is -0.123. The first kappa shape index (κ1) is 16.6. The average molecular weight is 380 g/mol. The molecule has 2 amide bonds. The van der Waals surface area contributed by atoms with E-state index in [0.29, 0.717) is 11.7 Å². The largest absolute Gasteiger partial charge is 0.306 e. The van der Waals surface area contributed by atoms with Gasteiger partial charge < -0.3 is 4.90 Å². The van der Waals surface area contributed by atoms with Crippen LogP contribution in [0, 0.1) is 0 Å². The van der Waals surface area contributed by atoms with E-state index in [2.05, 4.69) is 32.8 Å². The van der Waals surface area contributed by atoms with Crippen molar-refractivity contribution in [1.29, 1.82) is 0 Å². The molecular weight excluding hydrogens is 358 g/mol. The van der Waals surface area contributed by atoms with Crippen LogP contribution in [0.15, 0.2) is 28.7 Å². The number of carbonyl (C=O) groups is 2. The Morgan fingerprint density at radius 3 is 2.35 bits per heavy atom. The molecular formula is C17H22BrN3O2. The molecule has 0 saturated carbocycles. The second-order valence-electron chi connectivity index (χ2n) is 6.46. The summed E-state index contributed by atoms with van der Waals surface area (Å²) in [7, 11) is 4.10. The van der Waals surface area contributed by atoms with Crippen LogP contribution in [-0.4, -0.2) is 60.9 Å². The Morgan fingerprint density at radius 1 is 1.13 bits per heavy atom. The van der Waals surface area contributed by atoms with Crippen molar-refractivity contribution in [2.45, 2.75) is 31.3 Å². The van der Waals surface area contributed by atoms with Gasteiger partial charge in [0.25, 0.3) is 5.91 Å². The number of likely N-dealkylation sites (tertiary alicyclic amines) is 1. The van der Waals surface area contributed by atoms with Gasteiger partial charge in [-0.15, -0.1) is 0 Å². The summed E-state index contributed by atoms with van der Waals surface area (Å²) in [6, 6.07) is 7.35. The predicted octanol–water partition coefficient (Wildman–Crippen LogP) is 2.11. The van der Waals surface area contributed by atoms with Gasteiger partial charge in [0.1, 0.15) is 0 Å². The highest BCUT2D eigenvalue weighted by atomic mass is 79.9. The molecule has 0 unspecified atom stereocenters. The number of carbonyl (C=O) groups excluding carboxylic acids is 2. The molecule has 2 aliphatic rings. The van der Waals surface area contributed by atoms with E-state index in [9.17, 15) is 9.59 Å². The average Bonchev–Trinajstić information content (AvgIpc) is 2.83. The number of likely N-dealkylation sites (N-methyl/N-ethyl adjacent to an activating group) is 1. The van der Waals surface area contributed by atoms with Crippen molar-refractivity contribution >= 4 is 33.4 Å². The van der Waals surface area contributed by atoms with Crippen molar-refractivity contribution in [3.05, 3.63) is 28.7 Å². The number of hydrogen-bond donors (Lipinski definition) is 0. The van der Waals surface area contributed by atoms with E-state index < -0.39 is 0 Å². The van der Waals surface area contributed by atoms with Gasteiger partial charge in [0, 0.05) is 10.5 Å². The molecule has 5 nitrogen and oxygen atoms in total. The summed E-state index contributed by atoms with van der Waals surface area (Å²) in [4.78, 5) is 30.9. The van der Waals surface area contributed by atoms with E-state index in [1.54, 1.807) is 12.1 Å². The summed E-state index contributed by atoms with van der Waals surface area (Å²) in [5.74, 6) is -0.208. The maximum atomic E-state index is 12.8. The van der Waals surface area contributed by atoms with Gasteiger partial charge in [0.05, 0.1) is 18.2 Å². The molecule has 0 aromatic heterocycles. The van der Waals surface area contributed by atoms with Crippen LogP contribution in [0.5, 0.6) is 0 Å². The first-order valence-electron chi connectivity index (χ1n) is 8.00. The van der Waals surface area contributed by atoms with Crippen LogP contribution in [-0.2, 0) is 9.59 Å². The minimum Gasteiger partial charge on any atom is -0.306 e. The number of benzene rings is 1. The third kappa shape index (κ3) is 3.34. The number of piperidine rings is 1. The van der Waals surface area contributed by atoms with Crippen LogP contribution in [0.25, 0.3) is 0 Å². The Hall–Kier alpha value is -1.24. The fraction of sp³-hybridized carbons (Fsp3) is 0.529. The molecule has 2 fully saturated rings. The van der Waals surface area contributed by atoms with Gasteiger partial charge in [-0.1, -0.05) is 15.9 Å². The van der Waals surface area contributed by atoms with Gasteiger partial charge in [0.2, 0.25) is 5.91 Å². The highest BCUT2D eigenvalue weighted by Gasteiger charge is 2.43. The number of hydrogen-bond acceptors (Lipinski definition) is 4. The predicted molar refractivity (Wildman–Crippen MR) is 93.3 cm³/mol. The number of imide groups is 1. The molecule has 23 heavy (non-hydrogen) atoms. The molecule has 1 aromatic carbocycles. The fourth-order valence-electron chi connectivity index (χ4n) is 3.45. The van der Waals surface area contributed by atoms with E-state index in [4.69, 9.17) is 0 Å². The highest BCUT2D eigenvalue weighted by Crippen LogP contribution is 2.28. The van der Waals surface area contributed by atoms with Crippen molar-refractivity contribution in [2.75, 3.05) is 32.1 Å². The van der Waals surface area contributed by atoms with Crippen LogP contribution >= 0.6 is 15.9 Å². The molecule has 6 heteroatoms. The van der Waals surface area contributed by atoms with Crippen molar-refractivity contribution in [3.63, 3.8) is 0 Å². The Balaban J connectivity index is 1.74. The molecule has 2 heterocycles. The summed E-state index contributed by atoms with van der Waals surface area (Å²) in [5, 5.41) is 0. The molecule has 1 atom stereocenters. The van der Waals surface area contributed by atoms with Gasteiger partial charge in [-0.3, -0.25) is 14.5 Å². The molecule has 2 saturated heterocycles. The van der Waals surface area contributed by atoms with Gasteiger partial charge in [-0.05, 0) is 64.3 Å². The zero-order chi connectivity index (χ0) is 16.6. The van der Waals surface area contributed by atoms with E-state index in [1.807, 2.05) is 19.2 Å². The quantitative estimate of drug-likeness (QED) is 0.754. The number of halogens is 1. The zero-order valence-corrected chi connectivity index (χ0v) is 15.1. The monoisotopic (exact) mass is 379 g/mol. The third-order valence-corrected chi connectivity index (χ3v) is 5.49. The van der Waals surface area contributed by atoms with E-state index in [-0.39, 0.29) is 24.3 Å². The Bertz CT molecular complexity index is 596. The smallest absolute Gasteiger partial charge is 0.251 e. The summed E-state index contributed by atoms with van der Waals surface area (Å²) < 4.78 is 0.931. The molecule has 2 aliphatic heterocycles. The van der Waals surface area contributed by atoms with Crippen LogP contribution in [0.2, 0.25) is 0 Å². The van der Waals surface area contributed by atoms with Crippen LogP contribution in [0.1, 0.15) is 19.3 Å². The first-order valence-corrected chi connectivity index (χ1v) is 8.79. The maximum Gasteiger partial charge on any atom is 0.251 e. The Labute approximate surface area is 145 Å². The fourth-order valence-corrected chi connectivity index (χ4v) is 3.72. The SMILES string of the molecule is CN1CCC(N(C)[C@H]2CC(=O)N(c3ccc(Br)cc3)C2=O)CC1. The standard InChI is InChI=1S/C17H22BrN3O2/c1-19-9-7-13(8-10-19)20(2)15-11-16(22)21(17(15)23)14-5-3-12(18)4-6-14/h3-6,13,15H,7-11H2,1-2H3/t15-/m0/s1. The Morgan fingerprint density at radius 2 is 1.74 bits per heavy atom. The topological polar surface area (TPSA) is 43.9 Å². The van der Waals surface area contributed by atoms with E-state index in [1.165, 1.54) is 4.90 Å². The molecule has 0 radical (unpaired) electrons. The summed E-state index contributed by atoms with van der Waals surface area (Å²) in [5.41, 5.74) is 0.655. The number of anilines is 1. The summed E-state index contributed by atoms with van der Waals surface area (Å²) >= 11 is 3.38. The van der Waals surface area contributed by atoms with Crippen molar-refractivity contribution < 1.29 is 9.59 Å². The molecule has 0 N–H and O–H groups in total. The lowest BCUT2D eigenvalue weighted by Crippen LogP contribution is -2.49. The second kappa shape index (κ2) is 6.71. The van der Waals surface area contributed by atoms with Crippen molar-refractivity contribution in [3.8, 4) is 0 Å². The van der Waals surface area contributed by atoms with Crippen molar-refractivity contribution in [2.24, 2.45) is 0 Å². The van der Waals surface area contributed by atoms with Gasteiger partial charge in [0.15, 0.2) is 0 Å². The lowest BCUT2D eigenvalue weighted by Gasteiger charge is -2.37. The summed E-state index contributed by atoms with van der Waals surface area (Å²) in [6.45, 7) is 2.08. The molecule has 124 valence electrons. The van der Waals surface area contributed by atoms with Crippen molar-refractivity contribution in [1.82, 2.24) is 9.80 Å². The van der Waals surface area contributed by atoms with Gasteiger partial charge in [-0.2, -0.15) is 0 Å². The first-order chi connectivity index (χ1) is 11.0. The minimum absolute atomic E-state index is 0.0984. The van der Waals surface area contributed by atoms with Crippen LogP contribution in [0.4, 0.5) is 5.69 Å². The molecule has 1 aromatic rings. The molecule has 0 bridgehead atoms. The van der Waals surface area contributed by atoms with Crippen LogP contribution < -0.4 is 4.90 Å². The third-order valence-electron chi connectivity index (χ3n) is 4.96. The Kier molecular flexibility index (Phi) is 4.85. The zero-order valence-electron chi connectivity index (χ0n) is 13.5. The lowest BCUT2D eigenvalue weighted by atomic mass is 10.0. The number of nitrogens with zero attached hydrogens (tertiary/aromatic N) is 3.